The number of amides is 6. The molecule has 20 N–H and O–H groups in total. The fourth-order valence-electron chi connectivity index (χ4n) is 5.11. The van der Waals surface area contributed by atoms with Gasteiger partial charge in [-0.1, -0.05) is 0 Å². The van der Waals surface area contributed by atoms with Crippen LogP contribution in [0.2, 0.25) is 0 Å². The van der Waals surface area contributed by atoms with Crippen LogP contribution in [0.5, 0.6) is 0 Å². The molecule has 0 unspecified atom stereocenters. The number of aromatic nitrogens is 2. The van der Waals surface area contributed by atoms with Crippen molar-refractivity contribution in [1.29, 1.82) is 0 Å². The lowest BCUT2D eigenvalue weighted by molar-refractivity contribution is -0.142. The number of aliphatic hydroxyl groups is 1. The van der Waals surface area contributed by atoms with Crippen LogP contribution in [0.4, 0.5) is 0 Å². The lowest BCUT2D eigenvalue weighted by atomic mass is 10.1. The van der Waals surface area contributed by atoms with Gasteiger partial charge in [0.05, 0.1) is 25.4 Å². The minimum atomic E-state index is -1.70. The van der Waals surface area contributed by atoms with Gasteiger partial charge in [0.15, 0.2) is 11.9 Å². The van der Waals surface area contributed by atoms with Crippen LogP contribution in [-0.4, -0.2) is 159 Å². The summed E-state index contributed by atoms with van der Waals surface area (Å²) >= 11 is 1.34. The quantitative estimate of drug-likeness (QED) is 0.0202. The predicted octanol–water partition coefficient (Wildman–Crippen LogP) is -6.38. The van der Waals surface area contributed by atoms with Crippen molar-refractivity contribution in [2.75, 3.05) is 31.7 Å². The summed E-state index contributed by atoms with van der Waals surface area (Å²) in [5, 5.41) is 43.2. The van der Waals surface area contributed by atoms with Gasteiger partial charge in [0.2, 0.25) is 35.4 Å². The number of nitrogens with two attached hydrogens (primary N) is 5. The van der Waals surface area contributed by atoms with Crippen molar-refractivity contribution in [1.82, 2.24) is 41.9 Å². The number of nitrogens with one attached hydrogen (secondary N) is 7. The van der Waals surface area contributed by atoms with E-state index in [0.717, 1.165) is 0 Å². The molecule has 1 aromatic rings. The maximum atomic E-state index is 13.6. The van der Waals surface area contributed by atoms with Gasteiger partial charge in [-0.3, -0.25) is 43.5 Å². The number of carbonyl (C=O) groups is 8. The SMILES string of the molecule is CSCC[C@H](NC(=O)[C@@H](N)CC(=O)O)C(=O)N[C@@H](CCCN=C(N)N)C(=O)N[C@@H](CO)C(=O)N[C@@H](Cc1cnc[nH]1)C(=O)N[C@@H](C)C(=O)N[C@@H](CCCN=C(N)N)C(=O)O. The van der Waals surface area contributed by atoms with E-state index < -0.39 is 103 Å². The average molecular weight is 872 g/mol. The summed E-state index contributed by atoms with van der Waals surface area (Å²) in [6, 6.07) is -9.94. The van der Waals surface area contributed by atoms with Crippen LogP contribution in [0.1, 0.15) is 51.1 Å². The fourth-order valence-corrected chi connectivity index (χ4v) is 5.58. The van der Waals surface area contributed by atoms with Gasteiger partial charge in [-0.2, -0.15) is 11.8 Å². The molecule has 0 bridgehead atoms. The number of rotatable bonds is 29. The summed E-state index contributed by atoms with van der Waals surface area (Å²) in [5.41, 5.74) is 27.3. The van der Waals surface area contributed by atoms with Crippen molar-refractivity contribution < 1.29 is 53.7 Å². The number of thioether (sulfide) groups is 1. The van der Waals surface area contributed by atoms with Crippen molar-refractivity contribution >= 4 is 71.1 Å². The molecule has 27 heteroatoms. The fraction of sp³-hybridized carbons (Fsp3) is 0.606. The van der Waals surface area contributed by atoms with Crippen LogP contribution in [0.25, 0.3) is 0 Å². The number of hydrogen-bond donors (Lipinski definition) is 15. The van der Waals surface area contributed by atoms with E-state index in [4.69, 9.17) is 33.8 Å². The van der Waals surface area contributed by atoms with Crippen molar-refractivity contribution in [3.8, 4) is 0 Å². The van der Waals surface area contributed by atoms with Crippen LogP contribution >= 0.6 is 11.8 Å². The first-order valence-corrected chi connectivity index (χ1v) is 19.9. The molecule has 0 aromatic carbocycles. The Morgan fingerprint density at radius 1 is 0.717 bits per heavy atom. The van der Waals surface area contributed by atoms with Gasteiger partial charge in [0.1, 0.15) is 36.3 Å². The van der Waals surface area contributed by atoms with E-state index in [1.807, 2.05) is 0 Å². The second-order valence-corrected chi connectivity index (χ2v) is 14.2. The zero-order chi connectivity index (χ0) is 45.4. The highest BCUT2D eigenvalue weighted by molar-refractivity contribution is 7.98. The molecule has 60 heavy (non-hydrogen) atoms. The molecular formula is C33H57N15O11S. The molecule has 6 amide bonds. The molecule has 336 valence electrons. The second-order valence-electron chi connectivity index (χ2n) is 13.2. The molecular weight excluding hydrogens is 815 g/mol. The zero-order valence-electron chi connectivity index (χ0n) is 33.2. The van der Waals surface area contributed by atoms with Gasteiger partial charge in [0.25, 0.3) is 0 Å². The number of carboxylic acids is 2. The van der Waals surface area contributed by atoms with Crippen LogP contribution in [0.15, 0.2) is 22.5 Å². The summed E-state index contributed by atoms with van der Waals surface area (Å²) in [7, 11) is 0. The number of nitrogens with zero attached hydrogens (tertiary/aromatic N) is 3. The zero-order valence-corrected chi connectivity index (χ0v) is 34.0. The summed E-state index contributed by atoms with van der Waals surface area (Å²) in [6.45, 7) is 0.427. The maximum absolute atomic E-state index is 13.6. The van der Waals surface area contributed by atoms with E-state index in [1.54, 1.807) is 6.26 Å². The number of hydrogen-bond acceptors (Lipinski definition) is 14. The van der Waals surface area contributed by atoms with Crippen LogP contribution in [0.3, 0.4) is 0 Å². The maximum Gasteiger partial charge on any atom is 0.326 e. The number of H-pyrrole nitrogens is 1. The standard InChI is InChI=1S/C33H57N15O11S/c1-16(25(52)46-21(31(58)59)6-4-9-41-33(37)38)43-29(56)22(11-17-13-39-15-42-17)47-30(57)23(14-49)48-27(54)19(5-3-8-40-32(35)36)45-28(55)20(7-10-60-2)44-26(53)18(34)12-24(50)51/h13,15-16,18-23,49H,3-12,14,34H2,1-2H3,(H,39,42)(H,43,56)(H,44,53)(H,45,55)(H,46,52)(H,47,57)(H,48,54)(H,50,51)(H,58,59)(H4,35,36,40)(H4,37,38,41)/t16-,18-,19-,20-,21-,22-,23-/m0/s1. The molecule has 0 fully saturated rings. The van der Waals surface area contributed by atoms with E-state index in [-0.39, 0.29) is 63.5 Å². The predicted molar refractivity (Wildman–Crippen MR) is 217 cm³/mol. The Bertz CT molecular complexity index is 1660. The van der Waals surface area contributed by atoms with Crippen molar-refractivity contribution in [2.24, 2.45) is 38.7 Å². The molecule has 1 heterocycles. The molecule has 0 radical (unpaired) electrons. The minimum Gasteiger partial charge on any atom is -0.481 e. The molecule has 0 aliphatic rings. The Hall–Kier alpha value is -6.22. The number of carbonyl (C=O) groups excluding carboxylic acids is 6. The Labute approximate surface area is 348 Å². The molecule has 0 saturated carbocycles. The van der Waals surface area contributed by atoms with Crippen LogP contribution in [0, 0.1) is 0 Å². The molecule has 26 nitrogen and oxygen atoms in total. The third-order valence-electron chi connectivity index (χ3n) is 8.29. The number of imidazole rings is 1. The Kier molecular flexibility index (Phi) is 23.7. The molecule has 0 spiro atoms. The lowest BCUT2D eigenvalue weighted by Gasteiger charge is -2.26. The van der Waals surface area contributed by atoms with Crippen LogP contribution in [-0.2, 0) is 44.8 Å². The Morgan fingerprint density at radius 3 is 1.70 bits per heavy atom. The number of guanidine groups is 2. The second kappa shape index (κ2) is 27.5. The highest BCUT2D eigenvalue weighted by atomic mass is 32.2. The first-order valence-electron chi connectivity index (χ1n) is 18.5. The van der Waals surface area contributed by atoms with E-state index in [2.05, 4.69) is 51.9 Å². The molecule has 0 aliphatic carbocycles. The smallest absolute Gasteiger partial charge is 0.326 e. The van der Waals surface area contributed by atoms with Gasteiger partial charge >= 0.3 is 11.9 Å². The Balaban J connectivity index is 3.22. The molecule has 0 aliphatic heterocycles. The summed E-state index contributed by atoms with van der Waals surface area (Å²) in [5.74, 6) is -8.31. The van der Waals surface area contributed by atoms with Gasteiger partial charge in [-0.05, 0) is 51.0 Å². The van der Waals surface area contributed by atoms with E-state index >= 15 is 0 Å². The number of aliphatic imine (C=N–C) groups is 2. The number of aliphatic carboxylic acids is 2. The highest BCUT2D eigenvalue weighted by Gasteiger charge is 2.33. The first-order chi connectivity index (χ1) is 28.3. The monoisotopic (exact) mass is 871 g/mol. The van der Waals surface area contributed by atoms with Crippen LogP contribution < -0.4 is 60.6 Å². The van der Waals surface area contributed by atoms with Crippen molar-refractivity contribution in [3.05, 3.63) is 18.2 Å². The lowest BCUT2D eigenvalue weighted by Crippen LogP contribution is -2.60. The third kappa shape index (κ3) is 20.5. The van der Waals surface area contributed by atoms with Gasteiger partial charge in [-0.15, -0.1) is 0 Å². The highest BCUT2D eigenvalue weighted by Crippen LogP contribution is 2.07. The van der Waals surface area contributed by atoms with Crippen molar-refractivity contribution in [2.45, 2.75) is 94.2 Å². The van der Waals surface area contributed by atoms with E-state index in [1.165, 1.54) is 31.2 Å². The van der Waals surface area contributed by atoms with Gasteiger partial charge < -0.3 is 80.9 Å². The molecule has 1 aromatic heterocycles. The van der Waals surface area contributed by atoms with E-state index in [0.29, 0.717) is 11.4 Å². The number of aromatic amines is 1. The number of aliphatic hydroxyl groups excluding tert-OH is 1. The Morgan fingerprint density at radius 2 is 1.20 bits per heavy atom. The molecule has 1 rings (SSSR count). The molecule has 0 saturated heterocycles. The van der Waals surface area contributed by atoms with E-state index in [9.17, 15) is 48.6 Å². The third-order valence-corrected chi connectivity index (χ3v) is 8.94. The number of carboxylic acid groups (broad SMARTS) is 2. The van der Waals surface area contributed by atoms with Gasteiger partial charge in [0, 0.05) is 31.4 Å². The summed E-state index contributed by atoms with van der Waals surface area (Å²) in [6.07, 6.45) is 3.73. The summed E-state index contributed by atoms with van der Waals surface area (Å²) < 4.78 is 0. The average Bonchev–Trinajstić information content (AvgIpc) is 3.69. The first kappa shape index (κ1) is 51.8. The normalized spacial score (nSPS) is 14.3. The summed E-state index contributed by atoms with van der Waals surface area (Å²) in [4.78, 5) is 117. The topological polar surface area (TPSA) is 453 Å². The minimum absolute atomic E-state index is 0.0276. The molecule has 7 atom stereocenters. The largest absolute Gasteiger partial charge is 0.481 e. The van der Waals surface area contributed by atoms with Crippen molar-refractivity contribution in [3.63, 3.8) is 0 Å². The van der Waals surface area contributed by atoms with Gasteiger partial charge in [-0.25, -0.2) is 9.78 Å².